The van der Waals surface area contributed by atoms with E-state index in [0.29, 0.717) is 18.8 Å². The highest BCUT2D eigenvalue weighted by Crippen LogP contribution is 2.24. The molecule has 5 heteroatoms. The van der Waals surface area contributed by atoms with E-state index in [4.69, 9.17) is 11.6 Å². The number of rotatable bonds is 4. The molecule has 1 amide bonds. The van der Waals surface area contributed by atoms with E-state index in [0.717, 1.165) is 23.6 Å². The number of imidazole rings is 1. The third kappa shape index (κ3) is 2.81. The number of hydrogen-bond donors (Lipinski definition) is 0. The van der Waals surface area contributed by atoms with Crippen LogP contribution in [0.2, 0.25) is 0 Å². The molecule has 4 nitrogen and oxygen atoms in total. The van der Waals surface area contributed by atoms with E-state index in [9.17, 15) is 4.79 Å². The van der Waals surface area contributed by atoms with Crippen molar-refractivity contribution in [1.29, 1.82) is 0 Å². The molecule has 0 spiro atoms. The lowest BCUT2D eigenvalue weighted by atomic mass is 10.1. The van der Waals surface area contributed by atoms with Crippen molar-refractivity contribution in [3.05, 3.63) is 48.0 Å². The maximum absolute atomic E-state index is 12.1. The number of likely N-dealkylation sites (tertiary alicyclic amines) is 1. The average molecular weight is 304 g/mol. The summed E-state index contributed by atoms with van der Waals surface area (Å²) in [5.41, 5.74) is 2.21. The number of carbonyl (C=O) groups excluding carboxylic acids is 1. The monoisotopic (exact) mass is 303 g/mol. The first-order valence-electron chi connectivity index (χ1n) is 7.11. The topological polar surface area (TPSA) is 38.1 Å². The molecule has 2 aromatic rings. The average Bonchev–Trinajstić information content (AvgIpc) is 3.06. The van der Waals surface area contributed by atoms with Gasteiger partial charge in [0.05, 0.1) is 5.69 Å². The summed E-state index contributed by atoms with van der Waals surface area (Å²) in [6.45, 7) is 3.35. The Morgan fingerprint density at radius 2 is 2.19 bits per heavy atom. The molecule has 0 bridgehead atoms. The molecule has 3 rings (SSSR count). The van der Waals surface area contributed by atoms with E-state index in [1.54, 1.807) is 6.20 Å². The largest absolute Gasteiger partial charge is 0.338 e. The van der Waals surface area contributed by atoms with Crippen LogP contribution in [0.4, 0.5) is 0 Å². The fraction of sp³-hybridized carbons (Fsp3) is 0.375. The minimum absolute atomic E-state index is 0.192. The zero-order valence-corrected chi connectivity index (χ0v) is 12.8. The number of halogens is 1. The van der Waals surface area contributed by atoms with Crippen molar-refractivity contribution in [2.75, 3.05) is 12.4 Å². The van der Waals surface area contributed by atoms with Crippen molar-refractivity contribution >= 4 is 17.5 Å². The number of alkyl halides is 1. The van der Waals surface area contributed by atoms with Gasteiger partial charge in [-0.3, -0.25) is 4.79 Å². The Hall–Kier alpha value is -1.81. The van der Waals surface area contributed by atoms with E-state index < -0.39 is 0 Å². The van der Waals surface area contributed by atoms with E-state index in [1.807, 2.05) is 30.2 Å². The van der Waals surface area contributed by atoms with E-state index in [1.165, 1.54) is 0 Å². The lowest BCUT2D eigenvalue weighted by Gasteiger charge is -2.19. The number of aryl methyl sites for hydroxylation is 1. The van der Waals surface area contributed by atoms with Crippen molar-refractivity contribution in [2.45, 2.75) is 19.9 Å². The first-order valence-corrected chi connectivity index (χ1v) is 7.64. The van der Waals surface area contributed by atoms with Crippen LogP contribution >= 0.6 is 11.6 Å². The highest BCUT2D eigenvalue weighted by atomic mass is 35.5. The minimum atomic E-state index is 0.192. The van der Waals surface area contributed by atoms with Gasteiger partial charge in [-0.2, -0.15) is 0 Å². The molecule has 1 saturated heterocycles. The maximum atomic E-state index is 12.1. The van der Waals surface area contributed by atoms with Crippen LogP contribution in [0.3, 0.4) is 0 Å². The summed E-state index contributed by atoms with van der Waals surface area (Å²) >= 11 is 5.88. The molecular weight excluding hydrogens is 286 g/mol. The second-order valence-corrected chi connectivity index (χ2v) is 5.78. The molecule has 1 fully saturated rings. The van der Waals surface area contributed by atoms with Gasteiger partial charge in [-0.25, -0.2) is 4.98 Å². The number of carbonyl (C=O) groups is 1. The Morgan fingerprint density at radius 1 is 1.38 bits per heavy atom. The predicted octanol–water partition coefficient (Wildman–Crippen LogP) is 2.77. The standard InChI is InChI=1S/C16H18ClN3O/c1-12-18-6-7-20(12)15-5-3-2-4-14(15)11-19-10-13(9-17)8-16(19)21/h2-7,13H,8-11H2,1H3. The Kier molecular flexibility index (Phi) is 3.97. The van der Waals surface area contributed by atoms with Gasteiger partial charge in [0.1, 0.15) is 5.82 Å². The molecule has 0 radical (unpaired) electrons. The Morgan fingerprint density at radius 3 is 2.86 bits per heavy atom. The van der Waals surface area contributed by atoms with Crippen LogP contribution < -0.4 is 0 Å². The van der Waals surface area contributed by atoms with Gasteiger partial charge in [-0.15, -0.1) is 11.6 Å². The van der Waals surface area contributed by atoms with Crippen LogP contribution in [-0.2, 0) is 11.3 Å². The highest BCUT2D eigenvalue weighted by molar-refractivity contribution is 6.18. The van der Waals surface area contributed by atoms with Crippen LogP contribution in [0.25, 0.3) is 5.69 Å². The maximum Gasteiger partial charge on any atom is 0.223 e. The normalized spacial score (nSPS) is 18.5. The third-order valence-corrected chi connectivity index (χ3v) is 4.39. The van der Waals surface area contributed by atoms with Gasteiger partial charge in [-0.1, -0.05) is 18.2 Å². The second kappa shape index (κ2) is 5.90. The third-order valence-electron chi connectivity index (χ3n) is 3.95. The summed E-state index contributed by atoms with van der Waals surface area (Å²) in [5, 5.41) is 0. The number of nitrogens with zero attached hydrogens (tertiary/aromatic N) is 3. The van der Waals surface area contributed by atoms with Crippen LogP contribution in [0.15, 0.2) is 36.7 Å². The molecular formula is C16H18ClN3O. The fourth-order valence-corrected chi connectivity index (χ4v) is 3.03. The van der Waals surface area contributed by atoms with Gasteiger partial charge < -0.3 is 9.47 Å². The summed E-state index contributed by atoms with van der Waals surface area (Å²) < 4.78 is 2.05. The lowest BCUT2D eigenvalue weighted by molar-refractivity contribution is -0.128. The summed E-state index contributed by atoms with van der Waals surface area (Å²) in [4.78, 5) is 18.2. The van der Waals surface area contributed by atoms with Gasteiger partial charge in [0.2, 0.25) is 5.91 Å². The smallest absolute Gasteiger partial charge is 0.223 e. The molecule has 1 aromatic carbocycles. The van der Waals surface area contributed by atoms with Gasteiger partial charge in [-0.05, 0) is 24.5 Å². The van der Waals surface area contributed by atoms with Crippen LogP contribution in [0.5, 0.6) is 0 Å². The summed E-state index contributed by atoms with van der Waals surface area (Å²) in [6.07, 6.45) is 4.30. The molecule has 2 heterocycles. The Balaban J connectivity index is 1.87. The van der Waals surface area contributed by atoms with Crippen molar-refractivity contribution in [3.8, 4) is 5.69 Å². The van der Waals surface area contributed by atoms with Gasteiger partial charge >= 0.3 is 0 Å². The quantitative estimate of drug-likeness (QED) is 0.815. The number of benzene rings is 1. The van der Waals surface area contributed by atoms with Gasteiger partial charge in [0.25, 0.3) is 0 Å². The molecule has 0 N–H and O–H groups in total. The second-order valence-electron chi connectivity index (χ2n) is 5.47. The first-order chi connectivity index (χ1) is 10.2. The molecule has 1 atom stereocenters. The Labute approximate surface area is 129 Å². The van der Waals surface area contributed by atoms with Crippen LogP contribution in [0, 0.1) is 12.8 Å². The molecule has 21 heavy (non-hydrogen) atoms. The highest BCUT2D eigenvalue weighted by Gasteiger charge is 2.29. The predicted molar refractivity (Wildman–Crippen MR) is 82.5 cm³/mol. The van der Waals surface area contributed by atoms with Gasteiger partial charge in [0, 0.05) is 37.8 Å². The first kappa shape index (κ1) is 14.1. The zero-order valence-electron chi connectivity index (χ0n) is 12.0. The number of para-hydroxylation sites is 1. The molecule has 0 aliphatic carbocycles. The van der Waals surface area contributed by atoms with Crippen molar-refractivity contribution in [3.63, 3.8) is 0 Å². The van der Waals surface area contributed by atoms with Gasteiger partial charge in [0.15, 0.2) is 0 Å². The van der Waals surface area contributed by atoms with Crippen molar-refractivity contribution in [1.82, 2.24) is 14.5 Å². The van der Waals surface area contributed by atoms with Crippen molar-refractivity contribution in [2.24, 2.45) is 5.92 Å². The molecule has 0 saturated carbocycles. The summed E-state index contributed by atoms with van der Waals surface area (Å²) in [5.74, 6) is 1.96. The summed E-state index contributed by atoms with van der Waals surface area (Å²) in [7, 11) is 0. The number of amides is 1. The molecule has 1 aliphatic heterocycles. The molecule has 1 unspecified atom stereocenters. The zero-order chi connectivity index (χ0) is 14.8. The molecule has 1 aromatic heterocycles. The lowest BCUT2D eigenvalue weighted by Crippen LogP contribution is -2.25. The van der Waals surface area contributed by atoms with E-state index >= 15 is 0 Å². The van der Waals surface area contributed by atoms with E-state index in [2.05, 4.69) is 21.7 Å². The van der Waals surface area contributed by atoms with Crippen LogP contribution in [0.1, 0.15) is 17.8 Å². The van der Waals surface area contributed by atoms with Crippen LogP contribution in [-0.4, -0.2) is 32.8 Å². The number of hydrogen-bond acceptors (Lipinski definition) is 2. The fourth-order valence-electron chi connectivity index (χ4n) is 2.83. The molecule has 1 aliphatic rings. The van der Waals surface area contributed by atoms with E-state index in [-0.39, 0.29) is 11.8 Å². The minimum Gasteiger partial charge on any atom is -0.338 e. The SMILES string of the molecule is Cc1nccn1-c1ccccc1CN1CC(CCl)CC1=O. The van der Waals surface area contributed by atoms with Crippen molar-refractivity contribution < 1.29 is 4.79 Å². The summed E-state index contributed by atoms with van der Waals surface area (Å²) in [6, 6.07) is 8.13. The number of aromatic nitrogens is 2. The molecule has 110 valence electrons. The Bertz CT molecular complexity index is 652.